The van der Waals surface area contributed by atoms with Gasteiger partial charge in [0.15, 0.2) is 5.16 Å². The molecular formula is C26H25ClN4O4S. The van der Waals surface area contributed by atoms with Crippen molar-refractivity contribution in [2.24, 2.45) is 5.10 Å². The molecule has 4 rings (SSSR count). The van der Waals surface area contributed by atoms with Crippen LogP contribution >= 0.6 is 23.4 Å². The van der Waals surface area contributed by atoms with Crippen LogP contribution in [0.25, 0.3) is 11.0 Å². The molecule has 10 heteroatoms. The minimum atomic E-state index is -0.279. The molecule has 0 saturated heterocycles. The van der Waals surface area contributed by atoms with Gasteiger partial charge in [0.1, 0.15) is 17.2 Å². The number of amides is 1. The van der Waals surface area contributed by atoms with Gasteiger partial charge in [-0.2, -0.15) is 5.10 Å². The zero-order valence-electron chi connectivity index (χ0n) is 20.0. The number of nitrogens with zero attached hydrogens (tertiary/aromatic N) is 3. The first-order valence-electron chi connectivity index (χ1n) is 11.0. The van der Waals surface area contributed by atoms with Crippen LogP contribution in [-0.4, -0.2) is 48.8 Å². The Labute approximate surface area is 218 Å². The van der Waals surface area contributed by atoms with Crippen LogP contribution < -0.4 is 19.6 Å². The van der Waals surface area contributed by atoms with Gasteiger partial charge in [0.05, 0.1) is 56.4 Å². The number of para-hydroxylation sites is 2. The summed E-state index contributed by atoms with van der Waals surface area (Å²) in [6.07, 6.45) is 1.48. The number of halogens is 1. The Bertz CT molecular complexity index is 1380. The van der Waals surface area contributed by atoms with Crippen LogP contribution in [0.2, 0.25) is 5.02 Å². The van der Waals surface area contributed by atoms with Crippen LogP contribution in [0.5, 0.6) is 17.2 Å². The molecule has 186 valence electrons. The molecule has 0 radical (unpaired) electrons. The third-order valence-electron chi connectivity index (χ3n) is 5.37. The van der Waals surface area contributed by atoms with Crippen molar-refractivity contribution < 1.29 is 19.0 Å². The van der Waals surface area contributed by atoms with Gasteiger partial charge in [0.25, 0.3) is 5.91 Å². The summed E-state index contributed by atoms with van der Waals surface area (Å²) < 4.78 is 18.1. The number of carbonyl (C=O) groups excluding carboxylic acids is 1. The van der Waals surface area contributed by atoms with Crippen LogP contribution in [0.15, 0.2) is 70.9 Å². The topological polar surface area (TPSA) is 87.0 Å². The summed E-state index contributed by atoms with van der Waals surface area (Å²) in [5, 5.41) is 5.49. The Kier molecular flexibility index (Phi) is 8.35. The number of methoxy groups -OCH3 is 3. The molecular weight excluding hydrogens is 500 g/mol. The van der Waals surface area contributed by atoms with Gasteiger partial charge in [-0.3, -0.25) is 4.79 Å². The van der Waals surface area contributed by atoms with Gasteiger partial charge in [-0.1, -0.05) is 53.7 Å². The smallest absolute Gasteiger partial charge is 0.250 e. The second kappa shape index (κ2) is 11.8. The van der Waals surface area contributed by atoms with Gasteiger partial charge in [0, 0.05) is 17.2 Å². The summed E-state index contributed by atoms with van der Waals surface area (Å²) in [6, 6.07) is 19.0. The molecule has 0 aliphatic rings. The van der Waals surface area contributed by atoms with E-state index in [4.69, 9.17) is 30.8 Å². The highest BCUT2D eigenvalue weighted by Crippen LogP contribution is 2.32. The van der Waals surface area contributed by atoms with Crippen LogP contribution in [-0.2, 0) is 11.3 Å². The maximum atomic E-state index is 12.6. The van der Waals surface area contributed by atoms with Gasteiger partial charge in [-0.15, -0.1) is 0 Å². The van der Waals surface area contributed by atoms with Crippen LogP contribution in [0.1, 0.15) is 11.1 Å². The predicted octanol–water partition coefficient (Wildman–Crippen LogP) is 5.01. The van der Waals surface area contributed by atoms with Gasteiger partial charge in [-0.25, -0.2) is 10.4 Å². The van der Waals surface area contributed by atoms with Gasteiger partial charge >= 0.3 is 0 Å². The van der Waals surface area contributed by atoms with Crippen molar-refractivity contribution in [2.75, 3.05) is 27.1 Å². The van der Waals surface area contributed by atoms with E-state index in [1.165, 1.54) is 32.2 Å². The third kappa shape index (κ3) is 5.75. The largest absolute Gasteiger partial charge is 0.496 e. The fourth-order valence-corrected chi connectivity index (χ4v) is 4.61. The summed E-state index contributed by atoms with van der Waals surface area (Å²) in [5.41, 5.74) is 5.93. The highest BCUT2D eigenvalue weighted by molar-refractivity contribution is 7.99. The molecule has 0 fully saturated rings. The minimum absolute atomic E-state index is 0.125. The molecule has 0 aliphatic carbocycles. The number of hydrogen-bond donors (Lipinski definition) is 1. The lowest BCUT2D eigenvalue weighted by molar-refractivity contribution is -0.118. The van der Waals surface area contributed by atoms with E-state index in [1.807, 2.05) is 48.5 Å². The number of rotatable bonds is 10. The van der Waals surface area contributed by atoms with Crippen molar-refractivity contribution in [3.05, 3.63) is 76.8 Å². The molecule has 0 bridgehead atoms. The first-order chi connectivity index (χ1) is 17.5. The number of fused-ring (bicyclic) bond motifs is 1. The van der Waals surface area contributed by atoms with Crippen LogP contribution in [0.3, 0.4) is 0 Å². The molecule has 8 nitrogen and oxygen atoms in total. The molecule has 1 amide bonds. The van der Waals surface area contributed by atoms with Crippen molar-refractivity contribution in [1.82, 2.24) is 15.0 Å². The lowest BCUT2D eigenvalue weighted by atomic mass is 10.2. The molecule has 1 heterocycles. The van der Waals surface area contributed by atoms with Gasteiger partial charge in [0.2, 0.25) is 0 Å². The predicted molar refractivity (Wildman–Crippen MR) is 143 cm³/mol. The first-order valence-corrected chi connectivity index (χ1v) is 12.3. The monoisotopic (exact) mass is 524 g/mol. The molecule has 4 aromatic rings. The maximum absolute atomic E-state index is 12.6. The highest BCUT2D eigenvalue weighted by atomic mass is 35.5. The van der Waals surface area contributed by atoms with Crippen molar-refractivity contribution in [3.63, 3.8) is 0 Å². The first kappa shape index (κ1) is 25.4. The molecule has 3 aromatic carbocycles. The van der Waals surface area contributed by atoms with Gasteiger partial charge < -0.3 is 18.8 Å². The molecule has 0 aliphatic heterocycles. The molecule has 0 saturated carbocycles. The number of hydrazone groups is 1. The van der Waals surface area contributed by atoms with E-state index in [0.717, 1.165) is 16.6 Å². The number of benzene rings is 3. The van der Waals surface area contributed by atoms with Crippen LogP contribution in [0, 0.1) is 0 Å². The second-order valence-corrected chi connectivity index (χ2v) is 8.94. The number of aromatic nitrogens is 2. The standard InChI is InChI=1S/C26H25ClN4O4S/c1-33-18-12-23(34-2)19(24(13-18)35-3)14-28-30-25(32)16-36-26-29-21-10-6-7-11-22(21)31(26)15-17-8-4-5-9-20(17)27/h4-14H,15-16H2,1-3H3,(H,30,32)/b28-14-. The number of nitrogens with one attached hydrogen (secondary N) is 1. The zero-order chi connectivity index (χ0) is 25.5. The van der Waals surface area contributed by atoms with Crippen molar-refractivity contribution in [2.45, 2.75) is 11.7 Å². The van der Waals surface area contributed by atoms with E-state index in [-0.39, 0.29) is 11.7 Å². The lowest BCUT2D eigenvalue weighted by Gasteiger charge is -2.12. The molecule has 0 unspecified atom stereocenters. The zero-order valence-corrected chi connectivity index (χ0v) is 21.6. The van der Waals surface area contributed by atoms with Crippen molar-refractivity contribution >= 4 is 46.5 Å². The Morgan fingerprint density at radius 2 is 1.75 bits per heavy atom. The number of thioether (sulfide) groups is 1. The lowest BCUT2D eigenvalue weighted by Crippen LogP contribution is -2.20. The minimum Gasteiger partial charge on any atom is -0.496 e. The number of ether oxygens (including phenoxy) is 3. The average molecular weight is 525 g/mol. The summed E-state index contributed by atoms with van der Waals surface area (Å²) in [7, 11) is 4.63. The summed E-state index contributed by atoms with van der Waals surface area (Å²) >= 11 is 7.72. The normalized spacial score (nSPS) is 11.1. The fraction of sp³-hybridized carbons (Fsp3) is 0.192. The third-order valence-corrected chi connectivity index (χ3v) is 6.72. The van der Waals surface area contributed by atoms with E-state index in [1.54, 1.807) is 19.2 Å². The van der Waals surface area contributed by atoms with E-state index in [9.17, 15) is 4.79 Å². The quantitative estimate of drug-likeness (QED) is 0.178. The van der Waals surface area contributed by atoms with Crippen molar-refractivity contribution in [3.8, 4) is 17.2 Å². The Hall–Kier alpha value is -3.69. The summed E-state index contributed by atoms with van der Waals surface area (Å²) in [4.78, 5) is 17.3. The highest BCUT2D eigenvalue weighted by Gasteiger charge is 2.15. The molecule has 36 heavy (non-hydrogen) atoms. The molecule has 0 atom stereocenters. The fourth-order valence-electron chi connectivity index (χ4n) is 3.60. The Balaban J connectivity index is 1.47. The molecule has 1 N–H and O–H groups in total. The number of carbonyl (C=O) groups is 1. The Morgan fingerprint density at radius 3 is 2.44 bits per heavy atom. The summed E-state index contributed by atoms with van der Waals surface area (Å²) in [6.45, 7) is 0.541. The van der Waals surface area contributed by atoms with E-state index >= 15 is 0 Å². The summed E-state index contributed by atoms with van der Waals surface area (Å²) in [5.74, 6) is 1.44. The number of hydrogen-bond acceptors (Lipinski definition) is 7. The van der Waals surface area contributed by atoms with Crippen LogP contribution in [0.4, 0.5) is 0 Å². The van der Waals surface area contributed by atoms with E-state index in [2.05, 4.69) is 15.1 Å². The van der Waals surface area contributed by atoms with E-state index < -0.39 is 0 Å². The SMILES string of the molecule is COc1cc(OC)c(/C=N\NC(=O)CSc2nc3ccccc3n2Cc2ccccc2Cl)c(OC)c1. The van der Waals surface area contributed by atoms with Gasteiger partial charge in [-0.05, 0) is 23.8 Å². The Morgan fingerprint density at radius 1 is 1.06 bits per heavy atom. The molecule has 1 aromatic heterocycles. The average Bonchev–Trinajstić information content (AvgIpc) is 3.25. The van der Waals surface area contributed by atoms with Crippen molar-refractivity contribution in [1.29, 1.82) is 0 Å². The second-order valence-electron chi connectivity index (χ2n) is 7.59. The number of imidazole rings is 1. The van der Waals surface area contributed by atoms with E-state index in [0.29, 0.717) is 39.5 Å². The maximum Gasteiger partial charge on any atom is 0.250 e. The molecule has 0 spiro atoms.